The Morgan fingerprint density at radius 2 is 2.00 bits per heavy atom. The molecule has 1 fully saturated rings. The van der Waals surface area contributed by atoms with Crippen molar-refractivity contribution < 1.29 is 13.9 Å². The number of carbonyl (C=O) groups excluding carboxylic acids is 1. The van der Waals surface area contributed by atoms with E-state index in [4.69, 9.17) is 9.15 Å². The highest BCUT2D eigenvalue weighted by molar-refractivity contribution is 5.85. The van der Waals surface area contributed by atoms with E-state index in [1.165, 1.54) is 0 Å². The predicted molar refractivity (Wildman–Crippen MR) is 129 cm³/mol. The number of ether oxygens (including phenoxy) is 1. The molecule has 4 heterocycles. The van der Waals surface area contributed by atoms with Gasteiger partial charge in [-0.05, 0) is 55.9 Å². The molecule has 2 bridgehead atoms. The molecular formula is C27H30N2O5. The minimum Gasteiger partial charge on any atom is -0.483 e. The maximum absolute atomic E-state index is 13.0. The molecule has 0 radical (unpaired) electrons. The Morgan fingerprint density at radius 3 is 2.82 bits per heavy atom. The second kappa shape index (κ2) is 9.12. The van der Waals surface area contributed by atoms with Crippen LogP contribution in [0.15, 0.2) is 50.4 Å². The van der Waals surface area contributed by atoms with Gasteiger partial charge in [0.2, 0.25) is 0 Å². The minimum atomic E-state index is -0.367. The average molecular weight is 463 g/mol. The van der Waals surface area contributed by atoms with E-state index in [-0.39, 0.29) is 35.5 Å². The van der Waals surface area contributed by atoms with E-state index in [0.717, 1.165) is 47.9 Å². The van der Waals surface area contributed by atoms with Crippen LogP contribution in [-0.2, 0) is 17.8 Å². The molecule has 2 aliphatic heterocycles. The Hall–Kier alpha value is -3.35. The fraction of sp³-hybridized carbons (Fsp3) is 0.444. The molecule has 1 amide bonds. The van der Waals surface area contributed by atoms with Gasteiger partial charge in [0.25, 0.3) is 11.5 Å². The first-order valence-corrected chi connectivity index (χ1v) is 12.1. The van der Waals surface area contributed by atoms with Crippen molar-refractivity contribution in [3.8, 4) is 5.75 Å². The third-order valence-corrected chi connectivity index (χ3v) is 7.18. The molecule has 34 heavy (non-hydrogen) atoms. The van der Waals surface area contributed by atoms with E-state index >= 15 is 0 Å². The lowest BCUT2D eigenvalue weighted by atomic mass is 9.83. The number of amides is 1. The Morgan fingerprint density at radius 1 is 1.15 bits per heavy atom. The highest BCUT2D eigenvalue weighted by Gasteiger charge is 2.36. The number of nitrogens with zero attached hydrogens (tertiary/aromatic N) is 2. The summed E-state index contributed by atoms with van der Waals surface area (Å²) in [5.41, 5.74) is 2.92. The summed E-state index contributed by atoms with van der Waals surface area (Å²) in [6.45, 7) is 5.78. The van der Waals surface area contributed by atoms with Gasteiger partial charge in [0.1, 0.15) is 11.3 Å². The van der Waals surface area contributed by atoms with Crippen LogP contribution < -0.4 is 15.9 Å². The van der Waals surface area contributed by atoms with Crippen molar-refractivity contribution in [3.63, 3.8) is 0 Å². The molecule has 0 spiro atoms. The molecule has 7 heteroatoms. The first-order valence-electron chi connectivity index (χ1n) is 12.1. The lowest BCUT2D eigenvalue weighted by Crippen LogP contribution is -2.50. The summed E-state index contributed by atoms with van der Waals surface area (Å²) in [4.78, 5) is 39.2. The molecule has 0 saturated carbocycles. The van der Waals surface area contributed by atoms with Crippen LogP contribution in [0.5, 0.6) is 5.75 Å². The summed E-state index contributed by atoms with van der Waals surface area (Å²) in [6.07, 6.45) is 3.87. The van der Waals surface area contributed by atoms with Crippen molar-refractivity contribution in [1.82, 2.24) is 9.47 Å². The Labute approximate surface area is 197 Å². The lowest BCUT2D eigenvalue weighted by Gasteiger charge is -2.42. The summed E-state index contributed by atoms with van der Waals surface area (Å²) in [7, 11) is 0. The number of hydrogen-bond donors (Lipinski definition) is 0. The van der Waals surface area contributed by atoms with Crippen molar-refractivity contribution in [2.75, 3.05) is 19.7 Å². The Bertz CT molecular complexity index is 1360. The zero-order chi connectivity index (χ0) is 23.8. The molecule has 1 aromatic carbocycles. The van der Waals surface area contributed by atoms with Gasteiger partial charge in [0.05, 0.1) is 0 Å². The van der Waals surface area contributed by atoms with Crippen LogP contribution >= 0.6 is 0 Å². The van der Waals surface area contributed by atoms with Crippen LogP contribution in [0.3, 0.4) is 0 Å². The first-order chi connectivity index (χ1) is 16.4. The van der Waals surface area contributed by atoms with Crippen molar-refractivity contribution in [1.29, 1.82) is 0 Å². The molecule has 7 nitrogen and oxygen atoms in total. The van der Waals surface area contributed by atoms with E-state index in [1.54, 1.807) is 18.2 Å². The highest BCUT2D eigenvalue weighted by atomic mass is 16.5. The summed E-state index contributed by atoms with van der Waals surface area (Å²) in [6, 6.07) is 10.7. The summed E-state index contributed by atoms with van der Waals surface area (Å²) < 4.78 is 13.3. The van der Waals surface area contributed by atoms with Crippen LogP contribution in [-0.4, -0.2) is 35.1 Å². The van der Waals surface area contributed by atoms with E-state index in [0.29, 0.717) is 31.0 Å². The standard InChI is InChI=1S/C27H30N2O5/c1-3-4-6-19-12-26(32)34-27-17(2)23(10-9-21(19)27)33-16-25(31)28-13-18-11-20(15-28)22-7-5-8-24(30)29(22)14-18/h5,7-10,12,18,20H,3-4,6,11,13-16H2,1-2H3/t18-,20+/m0/s1. The minimum absolute atomic E-state index is 0.0339. The van der Waals surface area contributed by atoms with Gasteiger partial charge >= 0.3 is 5.63 Å². The second-order valence-corrected chi connectivity index (χ2v) is 9.55. The topological polar surface area (TPSA) is 81.8 Å². The van der Waals surface area contributed by atoms with Crippen molar-refractivity contribution in [3.05, 3.63) is 74.0 Å². The van der Waals surface area contributed by atoms with E-state index in [2.05, 4.69) is 6.92 Å². The van der Waals surface area contributed by atoms with Crippen LogP contribution in [0.25, 0.3) is 11.0 Å². The Kier molecular flexibility index (Phi) is 6.02. The van der Waals surface area contributed by atoms with Gasteiger partial charge in [-0.15, -0.1) is 0 Å². The Balaban J connectivity index is 1.31. The van der Waals surface area contributed by atoms with Crippen LogP contribution in [0.4, 0.5) is 0 Å². The van der Waals surface area contributed by atoms with Crippen LogP contribution in [0, 0.1) is 12.8 Å². The van der Waals surface area contributed by atoms with Gasteiger partial charge < -0.3 is 18.6 Å². The molecule has 2 aromatic heterocycles. The normalized spacial score (nSPS) is 19.2. The molecule has 2 aliphatic rings. The monoisotopic (exact) mass is 462 g/mol. The number of piperidine rings is 1. The average Bonchev–Trinajstić information content (AvgIpc) is 2.83. The van der Waals surface area contributed by atoms with E-state index < -0.39 is 0 Å². The maximum Gasteiger partial charge on any atom is 0.336 e. The van der Waals surface area contributed by atoms with E-state index in [9.17, 15) is 14.4 Å². The van der Waals surface area contributed by atoms with Gasteiger partial charge in [-0.1, -0.05) is 19.4 Å². The SMILES string of the molecule is CCCCc1cc(=O)oc2c(C)c(OCC(=O)N3C[C@@H]4C[C@H](C3)c3cccc(=O)n3C4)ccc12. The molecule has 2 atom stereocenters. The number of pyridine rings is 1. The number of fused-ring (bicyclic) bond motifs is 5. The summed E-state index contributed by atoms with van der Waals surface area (Å²) in [5.74, 6) is 0.918. The smallest absolute Gasteiger partial charge is 0.336 e. The first kappa shape index (κ1) is 22.4. The summed E-state index contributed by atoms with van der Waals surface area (Å²) in [5, 5.41) is 0.919. The molecular weight excluding hydrogens is 432 g/mol. The predicted octanol–water partition coefficient (Wildman–Crippen LogP) is 3.63. The largest absolute Gasteiger partial charge is 0.483 e. The number of aromatic nitrogens is 1. The van der Waals surface area contributed by atoms with Gasteiger partial charge in [0, 0.05) is 54.3 Å². The number of carbonyl (C=O) groups is 1. The molecule has 0 unspecified atom stereocenters. The third kappa shape index (κ3) is 4.15. The molecule has 5 rings (SSSR count). The quantitative estimate of drug-likeness (QED) is 0.523. The van der Waals surface area contributed by atoms with E-state index in [1.807, 2.05) is 34.6 Å². The highest BCUT2D eigenvalue weighted by Crippen LogP contribution is 2.35. The number of hydrogen-bond acceptors (Lipinski definition) is 5. The van der Waals surface area contributed by atoms with Crippen LogP contribution in [0.2, 0.25) is 0 Å². The van der Waals surface area contributed by atoms with Gasteiger partial charge in [-0.25, -0.2) is 4.79 Å². The molecule has 0 aliphatic carbocycles. The van der Waals surface area contributed by atoms with Crippen molar-refractivity contribution >= 4 is 16.9 Å². The number of benzene rings is 1. The molecule has 1 saturated heterocycles. The van der Waals surface area contributed by atoms with Crippen molar-refractivity contribution in [2.24, 2.45) is 5.92 Å². The lowest BCUT2D eigenvalue weighted by molar-refractivity contribution is -0.136. The van der Waals surface area contributed by atoms with Gasteiger partial charge in [0.15, 0.2) is 6.61 Å². The molecule has 178 valence electrons. The summed E-state index contributed by atoms with van der Waals surface area (Å²) >= 11 is 0. The fourth-order valence-corrected chi connectivity index (χ4v) is 5.47. The van der Waals surface area contributed by atoms with Gasteiger partial charge in [-0.3, -0.25) is 9.59 Å². The molecule has 0 N–H and O–H groups in total. The number of unbranched alkanes of at least 4 members (excludes halogenated alkanes) is 1. The van der Waals surface area contributed by atoms with Gasteiger partial charge in [-0.2, -0.15) is 0 Å². The van der Waals surface area contributed by atoms with Crippen LogP contribution in [0.1, 0.15) is 48.9 Å². The zero-order valence-electron chi connectivity index (χ0n) is 19.7. The number of rotatable bonds is 6. The fourth-order valence-electron chi connectivity index (χ4n) is 5.47. The molecule has 3 aromatic rings. The third-order valence-electron chi connectivity index (χ3n) is 7.18. The van der Waals surface area contributed by atoms with Crippen molar-refractivity contribution in [2.45, 2.75) is 52.0 Å². The zero-order valence-corrected chi connectivity index (χ0v) is 19.7. The second-order valence-electron chi connectivity index (χ2n) is 9.55. The maximum atomic E-state index is 13.0. The number of aryl methyl sites for hydroxylation is 2. The number of likely N-dealkylation sites (tertiary alicyclic amines) is 1.